The number of ether oxygens (including phenoxy) is 1. The van der Waals surface area contributed by atoms with Gasteiger partial charge in [0.2, 0.25) is 10.0 Å². The van der Waals surface area contributed by atoms with Crippen LogP contribution in [0.15, 0.2) is 60.6 Å². The zero-order chi connectivity index (χ0) is 32.1. The summed E-state index contributed by atoms with van der Waals surface area (Å²) in [5.74, 6) is 0.0179. The van der Waals surface area contributed by atoms with E-state index in [1.807, 2.05) is 48.5 Å². The number of sulfonamides is 1. The predicted octanol–water partition coefficient (Wildman–Crippen LogP) is 4.24. The summed E-state index contributed by atoms with van der Waals surface area (Å²) in [4.78, 5) is 35.8. The number of benzene rings is 2. The Balaban J connectivity index is 1.12. The highest BCUT2D eigenvalue weighted by Crippen LogP contribution is 2.81. The van der Waals surface area contributed by atoms with E-state index in [1.54, 1.807) is 0 Å². The Kier molecular flexibility index (Phi) is 8.01. The van der Waals surface area contributed by atoms with E-state index in [4.69, 9.17) is 4.74 Å². The number of fused-ring (bicyclic) bond motifs is 2. The van der Waals surface area contributed by atoms with Gasteiger partial charge in [0.25, 0.3) is 6.20 Å². The number of carbonyl (C=O) groups excluding carboxylic acids is 2. The molecule has 240 valence electrons. The van der Waals surface area contributed by atoms with Crippen molar-refractivity contribution in [1.29, 1.82) is 0 Å². The maximum atomic E-state index is 13.4. The SMILES string of the molecule is COC(=O)[C@H](Cc1ccc(-c2cccc(N/C(=C/[N+](=O)[O-])NC3CC3)c2)cc1)NS(=O)(=O)CC1C(C)(C)C12CC[C@H]1CC(=O)C12. The minimum absolute atomic E-state index is 0.0296. The van der Waals surface area contributed by atoms with Crippen LogP contribution in [0, 0.1) is 38.7 Å². The molecular weight excluding hydrogens is 596 g/mol. The largest absolute Gasteiger partial charge is 0.468 e. The van der Waals surface area contributed by atoms with Gasteiger partial charge in [0.1, 0.15) is 11.8 Å². The molecule has 0 aliphatic heterocycles. The van der Waals surface area contributed by atoms with Crippen molar-refractivity contribution in [1.82, 2.24) is 10.0 Å². The third-order valence-electron chi connectivity index (χ3n) is 10.6. The van der Waals surface area contributed by atoms with Crippen LogP contribution in [0.3, 0.4) is 0 Å². The van der Waals surface area contributed by atoms with Gasteiger partial charge in [-0.1, -0.05) is 50.2 Å². The van der Waals surface area contributed by atoms with E-state index >= 15 is 0 Å². The monoisotopic (exact) mass is 636 g/mol. The molecule has 0 amide bonds. The van der Waals surface area contributed by atoms with Gasteiger partial charge in [-0.15, -0.1) is 0 Å². The van der Waals surface area contributed by atoms with E-state index in [2.05, 4.69) is 29.2 Å². The number of hydrogen-bond donors (Lipinski definition) is 3. The van der Waals surface area contributed by atoms with Crippen LogP contribution >= 0.6 is 0 Å². The molecule has 4 saturated carbocycles. The first-order valence-corrected chi connectivity index (χ1v) is 17.2. The Hall–Kier alpha value is -3.77. The molecule has 45 heavy (non-hydrogen) atoms. The lowest BCUT2D eigenvalue weighted by Gasteiger charge is -2.34. The molecule has 2 aromatic carbocycles. The van der Waals surface area contributed by atoms with Crippen LogP contribution < -0.4 is 15.4 Å². The molecule has 1 spiro atoms. The summed E-state index contributed by atoms with van der Waals surface area (Å²) in [5, 5.41) is 17.3. The number of esters is 1. The third kappa shape index (κ3) is 6.09. The highest BCUT2D eigenvalue weighted by Gasteiger charge is 2.79. The first-order chi connectivity index (χ1) is 21.3. The normalized spacial score (nSPS) is 27.3. The van der Waals surface area contributed by atoms with Crippen molar-refractivity contribution in [3.63, 3.8) is 0 Å². The zero-order valence-electron chi connectivity index (χ0n) is 25.7. The van der Waals surface area contributed by atoms with Gasteiger partial charge in [-0.25, -0.2) is 13.1 Å². The van der Waals surface area contributed by atoms with Gasteiger partial charge >= 0.3 is 5.97 Å². The predicted molar refractivity (Wildman–Crippen MR) is 169 cm³/mol. The summed E-state index contributed by atoms with van der Waals surface area (Å²) in [6, 6.07) is 14.1. The quantitative estimate of drug-likeness (QED) is 0.166. The average molecular weight is 637 g/mol. The van der Waals surface area contributed by atoms with Crippen LogP contribution in [-0.4, -0.2) is 50.0 Å². The van der Waals surface area contributed by atoms with Gasteiger partial charge in [-0.3, -0.25) is 19.7 Å². The standard InChI is InChI=1S/C33H40N4O7S/c1-32(2)28(33(32)14-13-23-17-27(38)30(23)33)19-45(42,43)36-26(31(39)44-3)15-20-7-9-21(10-8-20)22-5-4-6-25(16-22)35-29(18-37(40)41)34-24-11-12-24/h4-10,16,18,23-24,26,28,30,34-36H,11-15,17,19H2,1-3H3/b29-18+/t23-,26-,28?,30?,33?/m0/s1. The Morgan fingerprint density at radius 3 is 2.51 bits per heavy atom. The molecule has 0 bridgehead atoms. The van der Waals surface area contributed by atoms with Crippen LogP contribution in [0.25, 0.3) is 11.1 Å². The third-order valence-corrected chi connectivity index (χ3v) is 12.0. The molecule has 0 saturated heterocycles. The lowest BCUT2D eigenvalue weighted by molar-refractivity contribution is -0.403. The van der Waals surface area contributed by atoms with Gasteiger partial charge in [0.15, 0.2) is 5.82 Å². The molecule has 6 rings (SSSR count). The minimum atomic E-state index is -3.86. The topological polar surface area (TPSA) is 157 Å². The molecule has 3 unspecified atom stereocenters. The Bertz CT molecular complexity index is 1650. The summed E-state index contributed by atoms with van der Waals surface area (Å²) in [7, 11) is -2.62. The van der Waals surface area contributed by atoms with E-state index < -0.39 is 27.0 Å². The first-order valence-electron chi connectivity index (χ1n) is 15.5. The van der Waals surface area contributed by atoms with Gasteiger partial charge in [0.05, 0.1) is 17.8 Å². The Morgan fingerprint density at radius 1 is 1.13 bits per heavy atom. The number of rotatable bonds is 13. The van der Waals surface area contributed by atoms with E-state index in [1.165, 1.54) is 7.11 Å². The van der Waals surface area contributed by atoms with Gasteiger partial charge in [-0.05, 0) is 83.6 Å². The first kappa shape index (κ1) is 31.2. The molecule has 4 aliphatic rings. The van der Waals surface area contributed by atoms with Crippen LogP contribution in [0.2, 0.25) is 0 Å². The maximum Gasteiger partial charge on any atom is 0.324 e. The number of nitrogens with one attached hydrogen (secondary N) is 3. The molecule has 11 nitrogen and oxygen atoms in total. The van der Waals surface area contributed by atoms with E-state index in [0.717, 1.165) is 48.6 Å². The van der Waals surface area contributed by atoms with Gasteiger partial charge < -0.3 is 15.4 Å². The van der Waals surface area contributed by atoms with Crippen molar-refractivity contribution in [3.05, 3.63) is 76.2 Å². The van der Waals surface area contributed by atoms with Gasteiger partial charge in [0, 0.05) is 24.1 Å². The number of nitrogens with zero attached hydrogens (tertiary/aromatic N) is 1. The fourth-order valence-corrected chi connectivity index (χ4v) is 9.96. The highest BCUT2D eigenvalue weighted by molar-refractivity contribution is 7.89. The second-order valence-corrected chi connectivity index (χ2v) is 15.4. The second-order valence-electron chi connectivity index (χ2n) is 13.6. The second kappa shape index (κ2) is 11.5. The molecule has 3 N–H and O–H groups in total. The number of carbonyl (C=O) groups is 2. The fraction of sp³-hybridized carbons (Fsp3) is 0.515. The van der Waals surface area contributed by atoms with Crippen molar-refractivity contribution in [2.45, 2.75) is 64.5 Å². The molecule has 0 aromatic heterocycles. The van der Waals surface area contributed by atoms with Crippen molar-refractivity contribution in [3.8, 4) is 11.1 Å². The van der Waals surface area contributed by atoms with Gasteiger partial charge in [-0.2, -0.15) is 0 Å². The lowest BCUT2D eigenvalue weighted by Crippen LogP contribution is -2.44. The highest BCUT2D eigenvalue weighted by atomic mass is 32.2. The number of anilines is 1. The van der Waals surface area contributed by atoms with Crippen LogP contribution in [0.5, 0.6) is 0 Å². The zero-order valence-corrected chi connectivity index (χ0v) is 26.6. The Morgan fingerprint density at radius 2 is 1.87 bits per heavy atom. The minimum Gasteiger partial charge on any atom is -0.468 e. The Labute approximate surface area is 263 Å². The average Bonchev–Trinajstić information content (AvgIpc) is 3.83. The number of nitro groups is 1. The molecule has 0 heterocycles. The van der Waals surface area contributed by atoms with Crippen LogP contribution in [0.4, 0.5) is 5.69 Å². The van der Waals surface area contributed by atoms with E-state index in [-0.39, 0.29) is 46.7 Å². The van der Waals surface area contributed by atoms with Crippen LogP contribution in [0.1, 0.15) is 51.5 Å². The maximum absolute atomic E-state index is 13.4. The molecular formula is C33H40N4O7S. The number of methoxy groups -OCH3 is 1. The molecule has 4 aliphatic carbocycles. The van der Waals surface area contributed by atoms with E-state index in [0.29, 0.717) is 23.8 Å². The van der Waals surface area contributed by atoms with Crippen molar-refractivity contribution in [2.24, 2.45) is 28.6 Å². The summed E-state index contributed by atoms with van der Waals surface area (Å²) in [5.41, 5.74) is 2.69. The number of ketones is 1. The molecule has 2 aromatic rings. The lowest BCUT2D eigenvalue weighted by atomic mass is 9.67. The molecule has 0 radical (unpaired) electrons. The summed E-state index contributed by atoms with van der Waals surface area (Å²) < 4.78 is 34.4. The van der Waals surface area contributed by atoms with Crippen LogP contribution in [-0.2, 0) is 30.8 Å². The molecule has 12 heteroatoms. The smallest absolute Gasteiger partial charge is 0.324 e. The number of hydrogen-bond acceptors (Lipinski definition) is 9. The van der Waals surface area contributed by atoms with Crippen molar-refractivity contribution in [2.75, 3.05) is 18.2 Å². The number of Topliss-reactive ketones (excluding diaryl/α,β-unsaturated/α-hetero) is 1. The van der Waals surface area contributed by atoms with Crippen molar-refractivity contribution < 1.29 is 27.7 Å². The summed E-state index contributed by atoms with van der Waals surface area (Å²) in [6.07, 6.45) is 5.45. The van der Waals surface area contributed by atoms with Crippen molar-refractivity contribution >= 4 is 27.5 Å². The van der Waals surface area contributed by atoms with E-state index in [9.17, 15) is 28.1 Å². The molecule has 4 fully saturated rings. The summed E-state index contributed by atoms with van der Waals surface area (Å²) in [6.45, 7) is 4.14. The molecule has 5 atom stereocenters. The fourth-order valence-electron chi connectivity index (χ4n) is 8.09. The summed E-state index contributed by atoms with van der Waals surface area (Å²) >= 11 is 0.